The molecule has 2 aromatic carbocycles. The van der Waals surface area contributed by atoms with Gasteiger partial charge in [-0.25, -0.2) is 14.3 Å². The van der Waals surface area contributed by atoms with Crippen molar-refractivity contribution in [3.05, 3.63) is 84.8 Å². The summed E-state index contributed by atoms with van der Waals surface area (Å²) in [5, 5.41) is 10.7. The molecule has 1 saturated heterocycles. The molecule has 0 atom stereocenters. The van der Waals surface area contributed by atoms with Gasteiger partial charge in [-0.3, -0.25) is 10.3 Å². The Morgan fingerprint density at radius 2 is 1.56 bits per heavy atom. The quantitative estimate of drug-likeness (QED) is 0.186. The molecule has 0 radical (unpaired) electrons. The Labute approximate surface area is 282 Å². The Morgan fingerprint density at radius 3 is 2.19 bits per heavy atom. The molecule has 48 heavy (non-hydrogen) atoms. The minimum absolute atomic E-state index is 0.228. The molecular formula is C37H46N6O5. The molecular weight excluding hydrogens is 608 g/mol. The smallest absolute Gasteiger partial charge is 0.410 e. The third-order valence-electron chi connectivity index (χ3n) is 7.84. The van der Waals surface area contributed by atoms with Gasteiger partial charge in [-0.2, -0.15) is 5.10 Å². The van der Waals surface area contributed by atoms with Crippen LogP contribution in [0.5, 0.6) is 17.2 Å². The molecule has 5 rings (SSSR count). The first-order valence-electron chi connectivity index (χ1n) is 16.4. The fourth-order valence-corrected chi connectivity index (χ4v) is 5.22. The first kappa shape index (κ1) is 34.3. The summed E-state index contributed by atoms with van der Waals surface area (Å²) in [5.74, 6) is 3.07. The summed E-state index contributed by atoms with van der Waals surface area (Å²) in [4.78, 5) is 31.3. The zero-order chi connectivity index (χ0) is 34.3. The summed E-state index contributed by atoms with van der Waals surface area (Å²) in [6.45, 7) is 13.9. The van der Waals surface area contributed by atoms with Crippen molar-refractivity contribution >= 4 is 23.6 Å². The lowest BCUT2D eigenvalue weighted by Gasteiger charge is -2.33. The number of hydrogen-bond donors (Lipinski definition) is 2. The van der Waals surface area contributed by atoms with E-state index in [9.17, 15) is 9.59 Å². The summed E-state index contributed by atoms with van der Waals surface area (Å²) in [6.07, 6.45) is 5.88. The summed E-state index contributed by atoms with van der Waals surface area (Å²) in [7, 11) is 0. The van der Waals surface area contributed by atoms with E-state index in [1.165, 1.54) is 0 Å². The Bertz CT molecular complexity index is 1650. The van der Waals surface area contributed by atoms with Crippen molar-refractivity contribution in [2.75, 3.05) is 30.3 Å². The molecule has 11 nitrogen and oxygen atoms in total. The monoisotopic (exact) mass is 654 g/mol. The van der Waals surface area contributed by atoms with E-state index in [1.807, 2.05) is 57.2 Å². The van der Waals surface area contributed by atoms with Crippen LogP contribution in [0, 0.1) is 5.92 Å². The van der Waals surface area contributed by atoms with Crippen LogP contribution in [0.15, 0.2) is 79.1 Å². The molecule has 2 N–H and O–H groups in total. The lowest BCUT2D eigenvalue weighted by Crippen LogP contribution is -2.41. The number of nitrogens with one attached hydrogen (secondary N) is 2. The fourth-order valence-electron chi connectivity index (χ4n) is 5.22. The fraction of sp³-hybridized carbons (Fsp3) is 0.405. The Kier molecular flexibility index (Phi) is 10.6. The lowest BCUT2D eigenvalue weighted by atomic mass is 9.92. The summed E-state index contributed by atoms with van der Waals surface area (Å²) >= 11 is 0. The zero-order valence-corrected chi connectivity index (χ0v) is 28.7. The van der Waals surface area contributed by atoms with Crippen molar-refractivity contribution in [3.8, 4) is 22.9 Å². The zero-order valence-electron chi connectivity index (χ0n) is 28.7. The maximum absolute atomic E-state index is 13.1. The van der Waals surface area contributed by atoms with Crippen molar-refractivity contribution in [2.45, 2.75) is 71.8 Å². The van der Waals surface area contributed by atoms with E-state index >= 15 is 0 Å². The summed E-state index contributed by atoms with van der Waals surface area (Å²) < 4.78 is 19.1. The molecule has 3 amide bonds. The third-order valence-corrected chi connectivity index (χ3v) is 7.84. The lowest BCUT2D eigenvalue weighted by molar-refractivity contribution is 0.0177. The van der Waals surface area contributed by atoms with Gasteiger partial charge in [0.05, 0.1) is 24.2 Å². The van der Waals surface area contributed by atoms with E-state index in [0.717, 1.165) is 36.4 Å². The predicted octanol–water partition coefficient (Wildman–Crippen LogP) is 8.42. The normalized spacial score (nSPS) is 13.9. The third kappa shape index (κ3) is 9.73. The van der Waals surface area contributed by atoms with Crippen molar-refractivity contribution < 1.29 is 23.8 Å². The standard InChI is InChI=1S/C37H46N6O5/c1-36(2,3)32-24-33(40-34(44)39-27-9-13-30(14-10-27)47-31-8-7-20-38-25-31)43(41-32)28-11-15-29(16-12-28)46-23-19-26-17-21-42(22-18-26)35(45)48-37(4,5)6/h7-16,20,24-26H,17-19,21-23H2,1-6H3,(H2,39,40,44). The van der Waals surface area contributed by atoms with Crippen molar-refractivity contribution in [1.29, 1.82) is 0 Å². The van der Waals surface area contributed by atoms with Crippen molar-refractivity contribution in [3.63, 3.8) is 0 Å². The molecule has 3 heterocycles. The number of carbonyl (C=O) groups excluding carboxylic acids is 2. The topological polar surface area (TPSA) is 120 Å². The highest BCUT2D eigenvalue weighted by Gasteiger charge is 2.27. The molecule has 0 bridgehead atoms. The summed E-state index contributed by atoms with van der Waals surface area (Å²) in [6, 6.07) is 19.9. The van der Waals surface area contributed by atoms with E-state index in [-0.39, 0.29) is 11.5 Å². The first-order chi connectivity index (χ1) is 22.8. The van der Waals surface area contributed by atoms with E-state index < -0.39 is 11.6 Å². The number of anilines is 2. The second-order valence-corrected chi connectivity index (χ2v) is 14.0. The molecule has 1 aliphatic heterocycles. The van der Waals surface area contributed by atoms with Gasteiger partial charge >= 0.3 is 12.1 Å². The number of aromatic nitrogens is 3. The highest BCUT2D eigenvalue weighted by atomic mass is 16.6. The second-order valence-electron chi connectivity index (χ2n) is 14.0. The highest BCUT2D eigenvalue weighted by Crippen LogP contribution is 2.28. The number of ether oxygens (including phenoxy) is 3. The average Bonchev–Trinajstić information content (AvgIpc) is 3.47. The van der Waals surface area contributed by atoms with Crippen LogP contribution in [0.3, 0.4) is 0 Å². The van der Waals surface area contributed by atoms with Gasteiger partial charge in [-0.15, -0.1) is 0 Å². The summed E-state index contributed by atoms with van der Waals surface area (Å²) in [5.41, 5.74) is 1.53. The van der Waals surface area contributed by atoms with Crippen LogP contribution >= 0.6 is 0 Å². The number of amides is 3. The molecule has 2 aromatic heterocycles. The minimum atomic E-state index is -0.484. The maximum atomic E-state index is 13.1. The van der Waals surface area contributed by atoms with Crippen LogP contribution in [0.2, 0.25) is 0 Å². The number of benzene rings is 2. The van der Waals surface area contributed by atoms with Crippen LogP contribution in [0.4, 0.5) is 21.1 Å². The minimum Gasteiger partial charge on any atom is -0.494 e. The van der Waals surface area contributed by atoms with Gasteiger partial charge in [0.15, 0.2) is 0 Å². The largest absolute Gasteiger partial charge is 0.494 e. The van der Waals surface area contributed by atoms with E-state index in [2.05, 4.69) is 36.4 Å². The van der Waals surface area contributed by atoms with Crippen molar-refractivity contribution in [1.82, 2.24) is 19.7 Å². The van der Waals surface area contributed by atoms with Gasteiger partial charge in [-0.05, 0) is 107 Å². The van der Waals surface area contributed by atoms with Crippen LogP contribution in [-0.4, -0.2) is 57.1 Å². The second kappa shape index (κ2) is 14.8. The molecule has 0 unspecified atom stereocenters. The molecule has 11 heteroatoms. The molecule has 0 saturated carbocycles. The maximum Gasteiger partial charge on any atom is 0.410 e. The van der Waals surface area contributed by atoms with Crippen LogP contribution < -0.4 is 20.1 Å². The van der Waals surface area contributed by atoms with Gasteiger partial charge in [-0.1, -0.05) is 20.8 Å². The average molecular weight is 655 g/mol. The number of pyridine rings is 1. The van der Waals surface area contributed by atoms with Gasteiger partial charge in [0, 0.05) is 36.5 Å². The van der Waals surface area contributed by atoms with Crippen molar-refractivity contribution in [2.24, 2.45) is 5.92 Å². The number of piperidine rings is 1. The van der Waals surface area contributed by atoms with Gasteiger partial charge in [0.1, 0.15) is 28.7 Å². The highest BCUT2D eigenvalue weighted by molar-refractivity contribution is 5.99. The Hall–Kier alpha value is -5.06. The number of rotatable bonds is 9. The Morgan fingerprint density at radius 1 is 0.875 bits per heavy atom. The number of urea groups is 1. The van der Waals surface area contributed by atoms with Crippen LogP contribution in [-0.2, 0) is 10.2 Å². The van der Waals surface area contributed by atoms with Gasteiger partial charge in [0.2, 0.25) is 0 Å². The Balaban J connectivity index is 1.15. The predicted molar refractivity (Wildman–Crippen MR) is 186 cm³/mol. The van der Waals surface area contributed by atoms with Crippen LogP contribution in [0.1, 0.15) is 66.5 Å². The van der Waals surface area contributed by atoms with E-state index in [1.54, 1.807) is 52.3 Å². The van der Waals surface area contributed by atoms with E-state index in [0.29, 0.717) is 48.6 Å². The van der Waals surface area contributed by atoms with Gasteiger partial charge < -0.3 is 24.4 Å². The van der Waals surface area contributed by atoms with E-state index in [4.69, 9.17) is 19.3 Å². The molecule has 0 spiro atoms. The molecule has 4 aromatic rings. The first-order valence-corrected chi connectivity index (χ1v) is 16.4. The number of likely N-dealkylation sites (tertiary alicyclic amines) is 1. The number of carbonyl (C=O) groups is 2. The number of hydrogen-bond acceptors (Lipinski definition) is 7. The SMILES string of the molecule is CC(C)(C)OC(=O)N1CCC(CCOc2ccc(-n3nc(C(C)(C)C)cc3NC(=O)Nc3ccc(Oc4cccnc4)cc3)cc2)CC1. The number of nitrogens with zero attached hydrogens (tertiary/aromatic N) is 4. The van der Waals surface area contributed by atoms with Crippen LogP contribution in [0.25, 0.3) is 5.69 Å². The molecule has 1 aliphatic rings. The molecule has 0 aliphatic carbocycles. The molecule has 254 valence electrons. The van der Waals surface area contributed by atoms with Gasteiger partial charge in [0.25, 0.3) is 0 Å². The molecule has 1 fully saturated rings.